The van der Waals surface area contributed by atoms with Crippen LogP contribution in [0.15, 0.2) is 63.9 Å². The lowest BCUT2D eigenvalue weighted by Gasteiger charge is -2.18. The summed E-state index contributed by atoms with van der Waals surface area (Å²) in [4.78, 5) is 24.2. The third kappa shape index (κ3) is 5.45. The summed E-state index contributed by atoms with van der Waals surface area (Å²) in [5, 5.41) is 10.4. The molecule has 0 radical (unpaired) electrons. The van der Waals surface area contributed by atoms with Gasteiger partial charge in [0.25, 0.3) is 5.91 Å². The molecule has 27 heavy (non-hydrogen) atoms. The number of rotatable bonds is 8. The Balaban J connectivity index is 1.52. The van der Waals surface area contributed by atoms with Gasteiger partial charge >= 0.3 is 0 Å². The number of hydrogen-bond donors (Lipinski definition) is 2. The molecule has 7 heteroatoms. The Hall–Kier alpha value is -2.57. The molecule has 2 N–H and O–H groups in total. The van der Waals surface area contributed by atoms with Crippen LogP contribution in [0, 0.1) is 0 Å². The molecule has 0 bridgehead atoms. The average Bonchev–Trinajstić information content (AvgIpc) is 3.38. The van der Waals surface area contributed by atoms with Crippen molar-refractivity contribution in [1.82, 2.24) is 10.6 Å². The van der Waals surface area contributed by atoms with Crippen molar-refractivity contribution in [2.75, 3.05) is 6.54 Å². The second-order valence-electron chi connectivity index (χ2n) is 5.95. The SMILES string of the molecule is O=C(CCCNC(=O)c1ccco1)NC(c1ccc(Cl)cc1)c1ccsc1. The first-order valence-electron chi connectivity index (χ1n) is 8.52. The number of carbonyl (C=O) groups is 2. The summed E-state index contributed by atoms with van der Waals surface area (Å²) in [6.45, 7) is 0.400. The molecule has 0 aliphatic carbocycles. The number of carbonyl (C=O) groups excluding carboxylic acids is 2. The largest absolute Gasteiger partial charge is 0.459 e. The molecule has 3 rings (SSSR count). The number of nitrogens with one attached hydrogen (secondary N) is 2. The van der Waals surface area contributed by atoms with Crippen LogP contribution >= 0.6 is 22.9 Å². The van der Waals surface area contributed by atoms with E-state index in [4.69, 9.17) is 16.0 Å². The lowest BCUT2D eigenvalue weighted by Crippen LogP contribution is -2.30. The van der Waals surface area contributed by atoms with E-state index in [9.17, 15) is 9.59 Å². The van der Waals surface area contributed by atoms with E-state index in [2.05, 4.69) is 10.6 Å². The van der Waals surface area contributed by atoms with E-state index in [1.165, 1.54) is 6.26 Å². The molecular formula is C20H19ClN2O3S. The van der Waals surface area contributed by atoms with Crippen molar-refractivity contribution in [2.24, 2.45) is 0 Å². The highest BCUT2D eigenvalue weighted by atomic mass is 35.5. The Labute approximate surface area is 166 Å². The molecule has 0 fully saturated rings. The van der Waals surface area contributed by atoms with Crippen LogP contribution in [0.25, 0.3) is 0 Å². The maximum atomic E-state index is 12.4. The molecular weight excluding hydrogens is 384 g/mol. The first-order chi connectivity index (χ1) is 13.1. The van der Waals surface area contributed by atoms with Crippen molar-refractivity contribution in [3.63, 3.8) is 0 Å². The quantitative estimate of drug-likeness (QED) is 0.548. The van der Waals surface area contributed by atoms with Crippen LogP contribution in [0.3, 0.4) is 0 Å². The number of halogens is 1. The van der Waals surface area contributed by atoms with Crippen LogP contribution in [-0.2, 0) is 4.79 Å². The topological polar surface area (TPSA) is 71.3 Å². The van der Waals surface area contributed by atoms with E-state index in [1.54, 1.807) is 23.5 Å². The van der Waals surface area contributed by atoms with E-state index in [0.717, 1.165) is 11.1 Å². The Bertz CT molecular complexity index is 861. The summed E-state index contributed by atoms with van der Waals surface area (Å²) in [5.74, 6) is -0.0918. The smallest absolute Gasteiger partial charge is 0.286 e. The fraction of sp³-hybridized carbons (Fsp3) is 0.200. The minimum Gasteiger partial charge on any atom is -0.459 e. The molecule has 0 spiro atoms. The molecule has 3 aromatic rings. The van der Waals surface area contributed by atoms with Gasteiger partial charge < -0.3 is 15.1 Å². The molecule has 1 atom stereocenters. The summed E-state index contributed by atoms with van der Waals surface area (Å²) in [6.07, 6.45) is 2.30. The van der Waals surface area contributed by atoms with E-state index in [0.29, 0.717) is 24.4 Å². The van der Waals surface area contributed by atoms with Crippen LogP contribution in [0.2, 0.25) is 5.02 Å². The highest BCUT2D eigenvalue weighted by molar-refractivity contribution is 7.08. The molecule has 2 amide bonds. The number of hydrogen-bond acceptors (Lipinski definition) is 4. The van der Waals surface area contributed by atoms with E-state index < -0.39 is 0 Å². The molecule has 140 valence electrons. The number of thiophene rings is 1. The van der Waals surface area contributed by atoms with Gasteiger partial charge in [0, 0.05) is 18.0 Å². The number of benzene rings is 1. The Morgan fingerprint density at radius 2 is 1.93 bits per heavy atom. The number of furan rings is 1. The van der Waals surface area contributed by atoms with Gasteiger partial charge in [-0.2, -0.15) is 11.3 Å². The summed E-state index contributed by atoms with van der Waals surface area (Å²) in [7, 11) is 0. The van der Waals surface area contributed by atoms with E-state index in [1.807, 2.05) is 41.1 Å². The molecule has 0 saturated carbocycles. The van der Waals surface area contributed by atoms with Crippen LogP contribution < -0.4 is 10.6 Å². The third-order valence-electron chi connectivity index (χ3n) is 4.00. The Morgan fingerprint density at radius 1 is 1.11 bits per heavy atom. The predicted octanol–water partition coefficient (Wildman–Crippen LogP) is 4.41. The standard InChI is InChI=1S/C20H19ClN2O3S/c21-16-7-5-14(6-8-16)19(15-9-12-27-13-15)23-18(24)4-1-10-22-20(25)17-3-2-11-26-17/h2-3,5-9,11-13,19H,1,4,10H2,(H,22,25)(H,23,24). The van der Waals surface area contributed by atoms with Gasteiger partial charge in [0.15, 0.2) is 5.76 Å². The summed E-state index contributed by atoms with van der Waals surface area (Å²) >= 11 is 7.55. The highest BCUT2D eigenvalue weighted by Gasteiger charge is 2.17. The monoisotopic (exact) mass is 402 g/mol. The molecule has 2 aromatic heterocycles. The molecule has 0 aliphatic heterocycles. The molecule has 1 aromatic carbocycles. The van der Waals surface area contributed by atoms with Crippen molar-refractivity contribution < 1.29 is 14.0 Å². The summed E-state index contributed by atoms with van der Waals surface area (Å²) < 4.78 is 5.03. The van der Waals surface area contributed by atoms with Gasteiger partial charge in [-0.1, -0.05) is 23.7 Å². The maximum absolute atomic E-state index is 12.4. The third-order valence-corrected chi connectivity index (χ3v) is 4.95. The zero-order chi connectivity index (χ0) is 19.1. The highest BCUT2D eigenvalue weighted by Crippen LogP contribution is 2.25. The van der Waals surface area contributed by atoms with Crippen molar-refractivity contribution in [3.8, 4) is 0 Å². The average molecular weight is 403 g/mol. The predicted molar refractivity (Wildman–Crippen MR) is 106 cm³/mol. The van der Waals surface area contributed by atoms with Gasteiger partial charge in [-0.05, 0) is 58.6 Å². The van der Waals surface area contributed by atoms with Gasteiger partial charge in [0.05, 0.1) is 12.3 Å². The second-order valence-corrected chi connectivity index (χ2v) is 7.16. The Morgan fingerprint density at radius 3 is 2.59 bits per heavy atom. The van der Waals surface area contributed by atoms with E-state index in [-0.39, 0.29) is 23.6 Å². The van der Waals surface area contributed by atoms with Crippen LogP contribution in [0.5, 0.6) is 0 Å². The zero-order valence-electron chi connectivity index (χ0n) is 14.5. The minimum atomic E-state index is -0.280. The zero-order valence-corrected chi connectivity index (χ0v) is 16.1. The maximum Gasteiger partial charge on any atom is 0.286 e. The van der Waals surface area contributed by atoms with Crippen LogP contribution in [0.4, 0.5) is 0 Å². The Kier molecular flexibility index (Phi) is 6.68. The fourth-order valence-electron chi connectivity index (χ4n) is 2.63. The number of amides is 2. The molecule has 2 heterocycles. The molecule has 0 aliphatic rings. The fourth-order valence-corrected chi connectivity index (χ4v) is 3.44. The first-order valence-corrected chi connectivity index (χ1v) is 9.84. The van der Waals surface area contributed by atoms with Gasteiger partial charge in [0.1, 0.15) is 0 Å². The second kappa shape index (κ2) is 9.39. The molecule has 0 saturated heterocycles. The minimum absolute atomic E-state index is 0.0756. The van der Waals surface area contributed by atoms with Crippen LogP contribution in [0.1, 0.15) is 40.6 Å². The van der Waals surface area contributed by atoms with Gasteiger partial charge in [-0.3, -0.25) is 9.59 Å². The van der Waals surface area contributed by atoms with Gasteiger partial charge in [-0.25, -0.2) is 0 Å². The van der Waals surface area contributed by atoms with Crippen molar-refractivity contribution >= 4 is 34.8 Å². The first kappa shape index (κ1) is 19.2. The van der Waals surface area contributed by atoms with Crippen LogP contribution in [-0.4, -0.2) is 18.4 Å². The molecule has 5 nitrogen and oxygen atoms in total. The van der Waals surface area contributed by atoms with E-state index >= 15 is 0 Å². The normalized spacial score (nSPS) is 11.7. The summed E-state index contributed by atoms with van der Waals surface area (Å²) in [6, 6.07) is 12.5. The van der Waals surface area contributed by atoms with Gasteiger partial charge in [-0.15, -0.1) is 0 Å². The van der Waals surface area contributed by atoms with Crippen molar-refractivity contribution in [3.05, 3.63) is 81.4 Å². The molecule has 1 unspecified atom stereocenters. The van der Waals surface area contributed by atoms with Crippen molar-refractivity contribution in [2.45, 2.75) is 18.9 Å². The summed E-state index contributed by atoms with van der Waals surface area (Å²) in [5.41, 5.74) is 2.00. The lowest BCUT2D eigenvalue weighted by atomic mass is 10.0. The lowest BCUT2D eigenvalue weighted by molar-refractivity contribution is -0.121. The van der Waals surface area contributed by atoms with Gasteiger partial charge in [0.2, 0.25) is 5.91 Å². The van der Waals surface area contributed by atoms with Crippen molar-refractivity contribution in [1.29, 1.82) is 0 Å².